The van der Waals surface area contributed by atoms with Crippen molar-refractivity contribution >= 4 is 35.8 Å². The Balaban J connectivity index is 1.97. The summed E-state index contributed by atoms with van der Waals surface area (Å²) in [6, 6.07) is 0. The van der Waals surface area contributed by atoms with E-state index >= 15 is 0 Å². The molecule has 1 aromatic rings. The smallest absolute Gasteiger partial charge is 0.342 e. The van der Waals surface area contributed by atoms with Crippen molar-refractivity contribution < 1.29 is 61.9 Å². The molecule has 1 aliphatic heterocycles. The maximum absolute atomic E-state index is 13.4. The van der Waals surface area contributed by atoms with Gasteiger partial charge in [-0.25, -0.2) is 4.79 Å². The molecule has 50 heavy (non-hydrogen) atoms. The molecule has 0 N–H and O–H groups in total. The number of fused-ring (bicyclic) bond motifs is 1. The van der Waals surface area contributed by atoms with Crippen molar-refractivity contribution in [3.63, 3.8) is 0 Å². The number of cyclic esters (lactones) is 1. The van der Waals surface area contributed by atoms with E-state index in [2.05, 4.69) is 0 Å². The second-order valence-electron chi connectivity index (χ2n) is 12.6. The van der Waals surface area contributed by atoms with E-state index in [9.17, 15) is 28.8 Å². The van der Waals surface area contributed by atoms with Gasteiger partial charge < -0.3 is 33.2 Å². The van der Waals surface area contributed by atoms with Gasteiger partial charge in [0.05, 0.1) is 26.1 Å². The Labute approximate surface area is 294 Å². The highest BCUT2D eigenvalue weighted by atomic mass is 16.6. The summed E-state index contributed by atoms with van der Waals surface area (Å²) in [7, 11) is 2.86. The molecule has 0 aromatic heterocycles. The van der Waals surface area contributed by atoms with Gasteiger partial charge in [0, 0.05) is 31.4 Å². The molecule has 1 aromatic carbocycles. The number of hydrogen-bond donors (Lipinski definition) is 0. The summed E-state index contributed by atoms with van der Waals surface area (Å²) in [5, 5.41) is 0. The van der Waals surface area contributed by atoms with E-state index < -0.39 is 47.8 Å². The van der Waals surface area contributed by atoms with E-state index in [1.165, 1.54) is 28.1 Å². The third-order valence-electron chi connectivity index (χ3n) is 8.49. The molecule has 278 valence electrons. The maximum Gasteiger partial charge on any atom is 0.342 e. The molecule has 0 amide bonds. The third-order valence-corrected chi connectivity index (χ3v) is 8.49. The maximum atomic E-state index is 13.4. The Morgan fingerprint density at radius 3 is 1.94 bits per heavy atom. The van der Waals surface area contributed by atoms with Crippen LogP contribution in [0.2, 0.25) is 0 Å². The monoisotopic (exact) mass is 704 g/mol. The number of hydrogen-bond acceptors (Lipinski definition) is 13. The quantitative estimate of drug-likeness (QED) is 0.0505. The molecule has 13 nitrogen and oxygen atoms in total. The molecule has 0 bridgehead atoms. The van der Waals surface area contributed by atoms with Gasteiger partial charge >= 0.3 is 35.8 Å². The second-order valence-corrected chi connectivity index (χ2v) is 12.6. The zero-order chi connectivity index (χ0) is 37.4. The molecule has 0 aliphatic carbocycles. The van der Waals surface area contributed by atoms with E-state index in [-0.39, 0.29) is 43.5 Å². The summed E-state index contributed by atoms with van der Waals surface area (Å²) in [5.74, 6) is -3.11. The molecule has 0 saturated heterocycles. The first-order valence-corrected chi connectivity index (χ1v) is 17.0. The van der Waals surface area contributed by atoms with E-state index in [4.69, 9.17) is 33.2 Å². The van der Waals surface area contributed by atoms with E-state index in [1.807, 2.05) is 19.9 Å². The molecule has 13 heteroatoms. The van der Waals surface area contributed by atoms with Crippen LogP contribution in [-0.4, -0.2) is 69.4 Å². The summed E-state index contributed by atoms with van der Waals surface area (Å²) < 4.78 is 37.0. The van der Waals surface area contributed by atoms with Crippen LogP contribution in [0.4, 0.5) is 0 Å². The van der Waals surface area contributed by atoms with Crippen molar-refractivity contribution in [1.82, 2.24) is 0 Å². The van der Waals surface area contributed by atoms with Crippen molar-refractivity contribution in [3.05, 3.63) is 33.9 Å². The Bertz CT molecular complexity index is 1390. The zero-order valence-electron chi connectivity index (χ0n) is 30.6. The Morgan fingerprint density at radius 1 is 0.820 bits per heavy atom. The molecule has 1 aliphatic rings. The Hall–Kier alpha value is -4.42. The first-order chi connectivity index (χ1) is 23.7. The van der Waals surface area contributed by atoms with Gasteiger partial charge in [-0.1, -0.05) is 51.2 Å². The minimum absolute atomic E-state index is 0.0597. The third kappa shape index (κ3) is 13.1. The predicted octanol–water partition coefficient (Wildman–Crippen LogP) is 5.67. The van der Waals surface area contributed by atoms with E-state index in [0.717, 1.165) is 36.8 Å². The number of allylic oxidation sites excluding steroid dienone is 2. The highest BCUT2D eigenvalue weighted by Gasteiger charge is 2.34. The van der Waals surface area contributed by atoms with Crippen LogP contribution in [0.3, 0.4) is 0 Å². The van der Waals surface area contributed by atoms with Gasteiger partial charge in [0.25, 0.3) is 0 Å². The first kappa shape index (κ1) is 41.7. The number of unbranched alkanes of at least 4 members (excludes halogenated alkanes) is 3. The summed E-state index contributed by atoms with van der Waals surface area (Å²) in [5.41, 5.74) is 3.08. The van der Waals surface area contributed by atoms with Gasteiger partial charge in [-0.2, -0.15) is 0 Å². The zero-order valence-corrected chi connectivity index (χ0v) is 30.6. The van der Waals surface area contributed by atoms with Crippen LogP contribution < -0.4 is 9.47 Å². The largest absolute Gasteiger partial charge is 0.496 e. The van der Waals surface area contributed by atoms with Gasteiger partial charge in [0.2, 0.25) is 0 Å². The van der Waals surface area contributed by atoms with Crippen LogP contribution in [-0.2, 0) is 60.7 Å². The molecule has 1 heterocycles. The fraction of sp³-hybridized carbons (Fsp3) is 0.622. The van der Waals surface area contributed by atoms with Crippen LogP contribution in [0.25, 0.3) is 0 Å². The standard InChI is InChI=1S/C37H52O13/c1-22(16-18-31(40)44-7)15-17-29-33(45-8)25(4)30-21-48-37(43)32(30)34(29)50-36(42)24(3)14-12-10-9-11-13-23(2)35(41)49-28(19-46-26(5)38)20-47-27(6)39/h15,23-24,28H,9-14,16-21H2,1-8H3/b22-15+. The van der Waals surface area contributed by atoms with Crippen LogP contribution in [0.1, 0.15) is 113 Å². The number of esters is 6. The fourth-order valence-electron chi connectivity index (χ4n) is 5.41. The summed E-state index contributed by atoms with van der Waals surface area (Å²) >= 11 is 0. The average Bonchev–Trinajstić information content (AvgIpc) is 3.47. The van der Waals surface area contributed by atoms with Crippen LogP contribution in [0.15, 0.2) is 11.6 Å². The van der Waals surface area contributed by atoms with Crippen molar-refractivity contribution in [2.45, 2.75) is 112 Å². The highest BCUT2D eigenvalue weighted by Crippen LogP contribution is 2.43. The fourth-order valence-corrected chi connectivity index (χ4v) is 5.41. The highest BCUT2D eigenvalue weighted by molar-refractivity contribution is 5.99. The summed E-state index contributed by atoms with van der Waals surface area (Å²) in [6.45, 7) is 9.37. The topological polar surface area (TPSA) is 167 Å². The molecule has 2 atom stereocenters. The predicted molar refractivity (Wildman–Crippen MR) is 180 cm³/mol. The molecule has 2 rings (SSSR count). The number of ether oxygens (including phenoxy) is 7. The van der Waals surface area contributed by atoms with Gasteiger partial charge in [0.15, 0.2) is 11.9 Å². The lowest BCUT2D eigenvalue weighted by molar-refractivity contribution is -0.168. The SMILES string of the molecule is COC(=O)CC/C(C)=C/Cc1c(OC)c(C)c2c(c1OC(=O)C(C)CCCCCCC(C)C(=O)OC(COC(C)=O)COC(C)=O)C(=O)OC2. The van der Waals surface area contributed by atoms with Gasteiger partial charge in [-0.15, -0.1) is 0 Å². The first-order valence-electron chi connectivity index (χ1n) is 17.0. The molecular formula is C37H52O13. The van der Waals surface area contributed by atoms with Gasteiger partial charge in [-0.3, -0.25) is 24.0 Å². The van der Waals surface area contributed by atoms with Gasteiger partial charge in [0.1, 0.15) is 31.1 Å². The number of benzene rings is 1. The molecule has 2 unspecified atom stereocenters. The minimum atomic E-state index is -0.888. The number of rotatable bonds is 21. The van der Waals surface area contributed by atoms with Crippen molar-refractivity contribution in [2.24, 2.45) is 11.8 Å². The lowest BCUT2D eigenvalue weighted by Crippen LogP contribution is -2.32. The number of methoxy groups -OCH3 is 2. The number of carbonyl (C=O) groups excluding carboxylic acids is 6. The molecule has 0 radical (unpaired) electrons. The average molecular weight is 705 g/mol. The minimum Gasteiger partial charge on any atom is -0.496 e. The molecule has 0 fully saturated rings. The Morgan fingerprint density at radius 2 is 1.40 bits per heavy atom. The number of carbonyl (C=O) groups is 6. The summed E-state index contributed by atoms with van der Waals surface area (Å²) in [4.78, 5) is 72.7. The Kier molecular flexibility index (Phi) is 17.5. The van der Waals surface area contributed by atoms with Crippen LogP contribution in [0.5, 0.6) is 11.5 Å². The lowest BCUT2D eigenvalue weighted by Gasteiger charge is -2.20. The van der Waals surface area contributed by atoms with E-state index in [1.54, 1.807) is 13.8 Å². The normalized spacial score (nSPS) is 13.5. The summed E-state index contributed by atoms with van der Waals surface area (Å²) in [6.07, 6.45) is 6.32. The van der Waals surface area contributed by atoms with E-state index in [0.29, 0.717) is 42.6 Å². The molecule has 0 saturated carbocycles. The van der Waals surface area contributed by atoms with Gasteiger partial charge in [-0.05, 0) is 45.1 Å². The van der Waals surface area contributed by atoms with Crippen molar-refractivity contribution in [3.8, 4) is 11.5 Å². The second kappa shape index (κ2) is 20.9. The van der Waals surface area contributed by atoms with Crippen molar-refractivity contribution in [2.75, 3.05) is 27.4 Å². The molecule has 0 spiro atoms. The van der Waals surface area contributed by atoms with Crippen LogP contribution >= 0.6 is 0 Å². The van der Waals surface area contributed by atoms with Crippen molar-refractivity contribution in [1.29, 1.82) is 0 Å². The van der Waals surface area contributed by atoms with Crippen LogP contribution in [0, 0.1) is 18.8 Å². The lowest BCUT2D eigenvalue weighted by atomic mass is 9.94. The molecular weight excluding hydrogens is 652 g/mol.